The Labute approximate surface area is 198 Å². The van der Waals surface area contributed by atoms with Gasteiger partial charge in [-0.05, 0) is 60.9 Å². The van der Waals surface area contributed by atoms with E-state index in [2.05, 4.69) is 15.6 Å². The van der Waals surface area contributed by atoms with Crippen molar-refractivity contribution in [1.29, 1.82) is 0 Å². The average molecular weight is 463 g/mol. The third-order valence-corrected chi connectivity index (χ3v) is 5.37. The molecule has 0 saturated carbocycles. The minimum absolute atomic E-state index is 0.0476. The third kappa shape index (κ3) is 6.96. The van der Waals surface area contributed by atoms with Crippen molar-refractivity contribution in [3.05, 3.63) is 89.4 Å². The van der Waals surface area contributed by atoms with Crippen LogP contribution in [-0.2, 0) is 20.9 Å². The number of aryl methyl sites for hydroxylation is 1. The van der Waals surface area contributed by atoms with Gasteiger partial charge in [0.1, 0.15) is 18.2 Å². The molecule has 3 rings (SSSR count). The van der Waals surface area contributed by atoms with Gasteiger partial charge in [-0.25, -0.2) is 9.37 Å². The number of nitrogens with one attached hydrogen (secondary N) is 2. The maximum Gasteiger partial charge on any atom is 0.240 e. The summed E-state index contributed by atoms with van der Waals surface area (Å²) in [5, 5.41) is 5.42. The smallest absolute Gasteiger partial charge is 0.240 e. The van der Waals surface area contributed by atoms with Crippen molar-refractivity contribution in [3.8, 4) is 0 Å². The Balaban J connectivity index is 1.66. The SMILES string of the molecule is Cc1cccc(N(CC(=O)NCc2ccc(F)cc2)C(=O)CCC(=O)Nc2ccccn2)c1C. The molecule has 0 aliphatic rings. The Morgan fingerprint density at radius 1 is 0.912 bits per heavy atom. The summed E-state index contributed by atoms with van der Waals surface area (Å²) in [4.78, 5) is 43.5. The number of hydrogen-bond donors (Lipinski definition) is 2. The van der Waals surface area contributed by atoms with E-state index in [-0.39, 0.29) is 49.5 Å². The first kappa shape index (κ1) is 24.6. The number of benzene rings is 2. The molecule has 0 radical (unpaired) electrons. The fraction of sp³-hybridized carbons (Fsp3) is 0.231. The van der Waals surface area contributed by atoms with Crippen LogP contribution in [0, 0.1) is 19.7 Å². The average Bonchev–Trinajstić information content (AvgIpc) is 2.83. The lowest BCUT2D eigenvalue weighted by atomic mass is 10.1. The molecule has 0 aliphatic heterocycles. The van der Waals surface area contributed by atoms with E-state index in [4.69, 9.17) is 0 Å². The first-order chi connectivity index (χ1) is 16.3. The summed E-state index contributed by atoms with van der Waals surface area (Å²) >= 11 is 0. The number of anilines is 2. The van der Waals surface area contributed by atoms with Crippen molar-refractivity contribution in [1.82, 2.24) is 10.3 Å². The van der Waals surface area contributed by atoms with Crippen LogP contribution < -0.4 is 15.5 Å². The number of amides is 3. The van der Waals surface area contributed by atoms with Crippen LogP contribution in [0.2, 0.25) is 0 Å². The normalized spacial score (nSPS) is 10.4. The molecule has 0 atom stereocenters. The Bertz CT molecular complexity index is 1150. The Hall–Kier alpha value is -4.07. The molecule has 0 saturated heterocycles. The maximum absolute atomic E-state index is 13.1. The second kappa shape index (κ2) is 11.7. The van der Waals surface area contributed by atoms with E-state index in [0.717, 1.165) is 16.7 Å². The van der Waals surface area contributed by atoms with Gasteiger partial charge in [-0.2, -0.15) is 0 Å². The predicted octanol–water partition coefficient (Wildman–Crippen LogP) is 3.91. The van der Waals surface area contributed by atoms with Crippen LogP contribution in [0.25, 0.3) is 0 Å². The number of aromatic nitrogens is 1. The number of halogens is 1. The monoisotopic (exact) mass is 462 g/mol. The Morgan fingerprint density at radius 2 is 1.68 bits per heavy atom. The summed E-state index contributed by atoms with van der Waals surface area (Å²) in [7, 11) is 0. The molecule has 1 aromatic heterocycles. The van der Waals surface area contributed by atoms with Gasteiger partial charge in [-0.15, -0.1) is 0 Å². The molecular formula is C26H27FN4O3. The molecule has 0 unspecified atom stereocenters. The van der Waals surface area contributed by atoms with E-state index in [1.165, 1.54) is 17.0 Å². The van der Waals surface area contributed by atoms with Crippen LogP contribution in [0.5, 0.6) is 0 Å². The van der Waals surface area contributed by atoms with Gasteiger partial charge >= 0.3 is 0 Å². The summed E-state index contributed by atoms with van der Waals surface area (Å²) in [5.41, 5.74) is 3.22. The Kier molecular flexibility index (Phi) is 8.45. The van der Waals surface area contributed by atoms with Crippen molar-refractivity contribution >= 4 is 29.2 Å². The summed E-state index contributed by atoms with van der Waals surface area (Å²) in [6.07, 6.45) is 1.44. The standard InChI is InChI=1S/C26H27FN4O3/c1-18-6-5-7-22(19(18)2)31(17-25(33)29-16-20-9-11-21(27)12-10-20)26(34)14-13-24(32)30-23-8-3-4-15-28-23/h3-12,15H,13-14,16-17H2,1-2H3,(H,29,33)(H,28,30,32). The highest BCUT2D eigenvalue weighted by Crippen LogP contribution is 2.24. The highest BCUT2D eigenvalue weighted by atomic mass is 19.1. The molecule has 3 amide bonds. The van der Waals surface area contributed by atoms with E-state index in [1.54, 1.807) is 42.6 Å². The zero-order valence-corrected chi connectivity index (χ0v) is 19.2. The third-order valence-electron chi connectivity index (χ3n) is 5.37. The molecule has 34 heavy (non-hydrogen) atoms. The van der Waals surface area contributed by atoms with Gasteiger partial charge in [-0.1, -0.05) is 30.3 Å². The number of carbonyl (C=O) groups is 3. The van der Waals surface area contributed by atoms with Crippen molar-refractivity contribution < 1.29 is 18.8 Å². The van der Waals surface area contributed by atoms with E-state index >= 15 is 0 Å². The topological polar surface area (TPSA) is 91.4 Å². The van der Waals surface area contributed by atoms with Crippen LogP contribution in [-0.4, -0.2) is 29.3 Å². The first-order valence-electron chi connectivity index (χ1n) is 10.9. The van der Waals surface area contributed by atoms with Crippen molar-refractivity contribution in [2.24, 2.45) is 0 Å². The second-order valence-electron chi connectivity index (χ2n) is 7.87. The largest absolute Gasteiger partial charge is 0.350 e. The summed E-state index contributed by atoms with van der Waals surface area (Å²) in [5.74, 6) is -0.993. The van der Waals surface area contributed by atoms with E-state index < -0.39 is 0 Å². The van der Waals surface area contributed by atoms with Gasteiger partial charge < -0.3 is 15.5 Å². The molecule has 0 bridgehead atoms. The number of pyridine rings is 1. The fourth-order valence-electron chi connectivity index (χ4n) is 3.34. The van der Waals surface area contributed by atoms with Gasteiger partial charge in [0, 0.05) is 31.3 Å². The quantitative estimate of drug-likeness (QED) is 0.505. The minimum Gasteiger partial charge on any atom is -0.350 e. The lowest BCUT2D eigenvalue weighted by molar-refractivity contribution is -0.125. The zero-order chi connectivity index (χ0) is 24.5. The number of carbonyl (C=O) groups excluding carboxylic acids is 3. The van der Waals surface area contributed by atoms with Crippen LogP contribution in [0.3, 0.4) is 0 Å². The molecule has 2 aromatic carbocycles. The molecule has 2 N–H and O–H groups in total. The fourth-order valence-corrected chi connectivity index (χ4v) is 3.34. The Morgan fingerprint density at radius 3 is 2.38 bits per heavy atom. The van der Waals surface area contributed by atoms with Crippen molar-refractivity contribution in [3.63, 3.8) is 0 Å². The highest BCUT2D eigenvalue weighted by molar-refractivity contribution is 6.01. The molecule has 0 aliphatic carbocycles. The molecule has 176 valence electrons. The van der Waals surface area contributed by atoms with Gasteiger partial charge in [0.15, 0.2) is 0 Å². The molecule has 8 heteroatoms. The van der Waals surface area contributed by atoms with Crippen molar-refractivity contribution in [2.75, 3.05) is 16.8 Å². The van der Waals surface area contributed by atoms with Gasteiger partial charge in [0.2, 0.25) is 17.7 Å². The molecule has 0 spiro atoms. The van der Waals surface area contributed by atoms with Gasteiger partial charge in [0.25, 0.3) is 0 Å². The minimum atomic E-state index is -0.364. The van der Waals surface area contributed by atoms with Crippen LogP contribution in [0.1, 0.15) is 29.5 Å². The molecule has 1 heterocycles. The molecule has 3 aromatic rings. The maximum atomic E-state index is 13.1. The van der Waals surface area contributed by atoms with Crippen molar-refractivity contribution in [2.45, 2.75) is 33.2 Å². The van der Waals surface area contributed by atoms with Crippen LogP contribution in [0.15, 0.2) is 66.9 Å². The summed E-state index contributed by atoms with van der Waals surface area (Å²) in [6.45, 7) is 3.82. The van der Waals surface area contributed by atoms with Crippen LogP contribution >= 0.6 is 0 Å². The zero-order valence-electron chi connectivity index (χ0n) is 19.2. The van der Waals surface area contributed by atoms with E-state index in [9.17, 15) is 18.8 Å². The highest BCUT2D eigenvalue weighted by Gasteiger charge is 2.22. The number of hydrogen-bond acceptors (Lipinski definition) is 4. The number of rotatable bonds is 9. The van der Waals surface area contributed by atoms with Crippen LogP contribution in [0.4, 0.5) is 15.9 Å². The lowest BCUT2D eigenvalue weighted by Crippen LogP contribution is -2.41. The summed E-state index contributed by atoms with van der Waals surface area (Å²) < 4.78 is 13.1. The van der Waals surface area contributed by atoms with E-state index in [1.807, 2.05) is 26.0 Å². The summed E-state index contributed by atoms with van der Waals surface area (Å²) in [6, 6.07) is 16.5. The number of nitrogens with zero attached hydrogens (tertiary/aromatic N) is 2. The molecule has 0 fully saturated rings. The van der Waals surface area contributed by atoms with Gasteiger partial charge in [-0.3, -0.25) is 14.4 Å². The first-order valence-corrected chi connectivity index (χ1v) is 10.9. The molecule has 7 nitrogen and oxygen atoms in total. The van der Waals surface area contributed by atoms with Gasteiger partial charge in [0.05, 0.1) is 0 Å². The lowest BCUT2D eigenvalue weighted by Gasteiger charge is -2.25. The predicted molar refractivity (Wildman–Crippen MR) is 129 cm³/mol. The van der Waals surface area contributed by atoms with E-state index in [0.29, 0.717) is 11.5 Å². The molecular weight excluding hydrogens is 435 g/mol. The second-order valence-corrected chi connectivity index (χ2v) is 7.87.